The van der Waals surface area contributed by atoms with E-state index in [-0.39, 0.29) is 21.3 Å². The summed E-state index contributed by atoms with van der Waals surface area (Å²) in [7, 11) is 1.23. The zero-order chi connectivity index (χ0) is 18.0. The van der Waals surface area contributed by atoms with E-state index in [0.717, 1.165) is 17.0 Å². The molecule has 9 heteroatoms. The number of anilines is 1. The number of carbonyl (C=O) groups is 3. The zero-order valence-corrected chi connectivity index (χ0v) is 14.6. The van der Waals surface area contributed by atoms with Crippen molar-refractivity contribution in [2.24, 2.45) is 5.73 Å². The Hall–Kier alpha value is -2.68. The van der Waals surface area contributed by atoms with E-state index < -0.39 is 17.9 Å². The number of hydrogen-bond donors (Lipinski definition) is 2. The van der Waals surface area contributed by atoms with Crippen LogP contribution in [0.15, 0.2) is 12.3 Å². The van der Waals surface area contributed by atoms with E-state index in [1.54, 1.807) is 26.1 Å². The maximum atomic E-state index is 12.4. The van der Waals surface area contributed by atoms with E-state index in [9.17, 15) is 14.4 Å². The second-order valence-electron chi connectivity index (χ2n) is 5.22. The van der Waals surface area contributed by atoms with Crippen LogP contribution in [0.25, 0.3) is 0 Å². The molecule has 0 bridgehead atoms. The molecule has 2 aromatic heterocycles. The van der Waals surface area contributed by atoms with E-state index in [4.69, 9.17) is 10.5 Å². The van der Waals surface area contributed by atoms with Crippen LogP contribution >= 0.6 is 11.3 Å². The number of rotatable bonds is 5. The average molecular weight is 350 g/mol. The number of methoxy groups -OCH3 is 1. The van der Waals surface area contributed by atoms with Crippen molar-refractivity contribution < 1.29 is 19.1 Å². The van der Waals surface area contributed by atoms with Crippen molar-refractivity contribution in [3.05, 3.63) is 34.0 Å². The molecule has 0 aliphatic carbocycles. The monoisotopic (exact) mass is 350 g/mol. The van der Waals surface area contributed by atoms with Crippen LogP contribution in [0.1, 0.15) is 44.3 Å². The highest BCUT2D eigenvalue weighted by atomic mass is 32.1. The van der Waals surface area contributed by atoms with Gasteiger partial charge in [-0.3, -0.25) is 14.3 Å². The summed E-state index contributed by atoms with van der Waals surface area (Å²) in [5, 5.41) is 7.08. The topological polar surface area (TPSA) is 116 Å². The number of hydrogen-bond acceptors (Lipinski definition) is 6. The van der Waals surface area contributed by atoms with Crippen molar-refractivity contribution in [3.63, 3.8) is 0 Å². The van der Waals surface area contributed by atoms with Crippen molar-refractivity contribution in [2.75, 3.05) is 12.4 Å². The summed E-state index contributed by atoms with van der Waals surface area (Å²) in [5.41, 5.74) is 6.62. The van der Waals surface area contributed by atoms with E-state index >= 15 is 0 Å². The number of aryl methyl sites for hydroxylation is 1. The van der Waals surface area contributed by atoms with Crippen molar-refractivity contribution in [1.29, 1.82) is 0 Å². The van der Waals surface area contributed by atoms with Gasteiger partial charge in [0.1, 0.15) is 11.0 Å². The lowest BCUT2D eigenvalue weighted by Crippen LogP contribution is -2.24. The first-order valence-electron chi connectivity index (χ1n) is 7.10. The van der Waals surface area contributed by atoms with Crippen LogP contribution in [0.2, 0.25) is 0 Å². The molecule has 0 saturated carbocycles. The molecule has 0 aliphatic rings. The van der Waals surface area contributed by atoms with Gasteiger partial charge in [-0.1, -0.05) is 0 Å². The van der Waals surface area contributed by atoms with Gasteiger partial charge >= 0.3 is 5.97 Å². The van der Waals surface area contributed by atoms with Crippen molar-refractivity contribution in [3.8, 4) is 0 Å². The molecule has 0 aromatic carbocycles. The fourth-order valence-corrected chi connectivity index (χ4v) is 3.22. The molecule has 2 rings (SSSR count). The number of aromatic nitrogens is 2. The average Bonchev–Trinajstić information content (AvgIpc) is 3.09. The lowest BCUT2D eigenvalue weighted by Gasteiger charge is -2.12. The minimum Gasteiger partial charge on any atom is -0.465 e. The second-order valence-corrected chi connectivity index (χ2v) is 6.24. The minimum absolute atomic E-state index is 0.133. The molecular weight excluding hydrogens is 332 g/mol. The number of amides is 2. The highest BCUT2D eigenvalue weighted by Crippen LogP contribution is 2.33. The SMILES string of the molecule is COC(=O)c1c(NC(=O)C(C)n2ccc(C)n2)sc(C(N)=O)c1C. The molecule has 0 radical (unpaired) electrons. The van der Waals surface area contributed by atoms with Gasteiger partial charge in [0.05, 0.1) is 23.2 Å². The largest absolute Gasteiger partial charge is 0.465 e. The van der Waals surface area contributed by atoms with Crippen molar-refractivity contribution >= 4 is 34.1 Å². The molecule has 0 saturated heterocycles. The van der Waals surface area contributed by atoms with Gasteiger partial charge in [0, 0.05) is 6.20 Å². The Bertz CT molecular complexity index is 809. The van der Waals surface area contributed by atoms with Gasteiger partial charge in [-0.2, -0.15) is 5.10 Å². The fourth-order valence-electron chi connectivity index (χ4n) is 2.17. The molecule has 2 amide bonds. The number of nitrogens with zero attached hydrogens (tertiary/aromatic N) is 2. The lowest BCUT2D eigenvalue weighted by molar-refractivity contribution is -0.119. The van der Waals surface area contributed by atoms with E-state index in [1.165, 1.54) is 11.8 Å². The van der Waals surface area contributed by atoms with Gasteiger partial charge in [-0.05, 0) is 32.4 Å². The number of nitrogens with one attached hydrogen (secondary N) is 1. The van der Waals surface area contributed by atoms with E-state index in [0.29, 0.717) is 5.56 Å². The predicted molar refractivity (Wildman–Crippen MR) is 89.2 cm³/mol. The summed E-state index contributed by atoms with van der Waals surface area (Å²) in [6.07, 6.45) is 1.69. The number of carbonyl (C=O) groups excluding carboxylic acids is 3. The third-order valence-electron chi connectivity index (χ3n) is 3.51. The smallest absolute Gasteiger partial charge is 0.341 e. The summed E-state index contributed by atoms with van der Waals surface area (Å²) >= 11 is 0.947. The first kappa shape index (κ1) is 17.7. The van der Waals surface area contributed by atoms with Crippen LogP contribution in [0.3, 0.4) is 0 Å². The fraction of sp³-hybridized carbons (Fsp3) is 0.333. The second kappa shape index (κ2) is 6.83. The number of ether oxygens (including phenoxy) is 1. The quantitative estimate of drug-likeness (QED) is 0.795. The van der Waals surface area contributed by atoms with Gasteiger partial charge in [0.25, 0.3) is 5.91 Å². The number of nitrogens with two attached hydrogens (primary N) is 1. The number of primary amides is 1. The molecule has 8 nitrogen and oxygen atoms in total. The standard InChI is InChI=1S/C15H18N4O4S/c1-7-5-6-19(18-7)9(3)13(21)17-14-10(15(22)23-4)8(2)11(24-14)12(16)20/h5-6,9H,1-4H3,(H2,16,20)(H,17,21). The van der Waals surface area contributed by atoms with Crippen LogP contribution in [0.5, 0.6) is 0 Å². The highest BCUT2D eigenvalue weighted by molar-refractivity contribution is 7.18. The predicted octanol–water partition coefficient (Wildman–Crippen LogP) is 1.65. The Morgan fingerprint density at radius 1 is 1.38 bits per heavy atom. The van der Waals surface area contributed by atoms with Crippen LogP contribution < -0.4 is 11.1 Å². The maximum absolute atomic E-state index is 12.4. The molecule has 2 heterocycles. The Kier molecular flexibility index (Phi) is 5.03. The van der Waals surface area contributed by atoms with Gasteiger partial charge in [0.15, 0.2) is 0 Å². The normalized spacial score (nSPS) is 11.8. The molecule has 1 atom stereocenters. The Morgan fingerprint density at radius 2 is 2.04 bits per heavy atom. The lowest BCUT2D eigenvalue weighted by atomic mass is 10.1. The van der Waals surface area contributed by atoms with Gasteiger partial charge < -0.3 is 15.8 Å². The number of thiophene rings is 1. The Morgan fingerprint density at radius 3 is 2.54 bits per heavy atom. The van der Waals surface area contributed by atoms with E-state index in [1.807, 2.05) is 6.92 Å². The maximum Gasteiger partial charge on any atom is 0.341 e. The highest BCUT2D eigenvalue weighted by Gasteiger charge is 2.26. The summed E-state index contributed by atoms with van der Waals surface area (Å²) in [6, 6.07) is 1.19. The first-order valence-corrected chi connectivity index (χ1v) is 7.92. The van der Waals surface area contributed by atoms with Crippen molar-refractivity contribution in [2.45, 2.75) is 26.8 Å². The molecule has 2 aromatic rings. The Balaban J connectivity index is 2.34. The van der Waals surface area contributed by atoms with Gasteiger partial charge in [-0.25, -0.2) is 4.79 Å². The molecule has 0 aliphatic heterocycles. The Labute approximate surface area is 142 Å². The third-order valence-corrected chi connectivity index (χ3v) is 4.74. The van der Waals surface area contributed by atoms with Crippen LogP contribution in [0.4, 0.5) is 5.00 Å². The van der Waals surface area contributed by atoms with E-state index in [2.05, 4.69) is 10.4 Å². The molecule has 128 valence electrons. The van der Waals surface area contributed by atoms with Gasteiger partial charge in [0.2, 0.25) is 5.91 Å². The molecule has 1 unspecified atom stereocenters. The molecule has 0 fully saturated rings. The number of esters is 1. The zero-order valence-electron chi connectivity index (χ0n) is 13.7. The van der Waals surface area contributed by atoms with Crippen LogP contribution in [-0.4, -0.2) is 34.7 Å². The molecular formula is C15H18N4O4S. The van der Waals surface area contributed by atoms with Crippen LogP contribution in [-0.2, 0) is 9.53 Å². The minimum atomic E-state index is -0.668. The summed E-state index contributed by atoms with van der Waals surface area (Å²) < 4.78 is 6.24. The van der Waals surface area contributed by atoms with Gasteiger partial charge in [-0.15, -0.1) is 11.3 Å². The molecule has 3 N–H and O–H groups in total. The first-order chi connectivity index (χ1) is 11.3. The summed E-state index contributed by atoms with van der Waals surface area (Å²) in [6.45, 7) is 5.08. The summed E-state index contributed by atoms with van der Waals surface area (Å²) in [5.74, 6) is -1.69. The van der Waals surface area contributed by atoms with Crippen LogP contribution in [0, 0.1) is 13.8 Å². The van der Waals surface area contributed by atoms with Crippen molar-refractivity contribution in [1.82, 2.24) is 9.78 Å². The summed E-state index contributed by atoms with van der Waals surface area (Å²) in [4.78, 5) is 36.1. The molecule has 24 heavy (non-hydrogen) atoms. The molecule has 0 spiro atoms. The third kappa shape index (κ3) is 3.30.